The van der Waals surface area contributed by atoms with Crippen LogP contribution in [-0.4, -0.2) is 35.1 Å². The Morgan fingerprint density at radius 1 is 1.40 bits per heavy atom. The third-order valence-electron chi connectivity index (χ3n) is 2.87. The SMILES string of the molecule is CC(C)C(NC(=O)N(C)Cc1cccc(Br)c1)C(=O)O. The Labute approximate surface area is 127 Å². The number of hydrogen-bond acceptors (Lipinski definition) is 2. The van der Waals surface area contributed by atoms with Crippen LogP contribution in [0.25, 0.3) is 0 Å². The fraction of sp³-hybridized carbons (Fsp3) is 0.429. The number of amides is 2. The van der Waals surface area contributed by atoms with E-state index in [4.69, 9.17) is 5.11 Å². The summed E-state index contributed by atoms with van der Waals surface area (Å²) in [4.78, 5) is 24.5. The largest absolute Gasteiger partial charge is 0.480 e. The van der Waals surface area contributed by atoms with E-state index in [1.165, 1.54) is 4.90 Å². The van der Waals surface area contributed by atoms with E-state index in [1.54, 1.807) is 20.9 Å². The molecule has 110 valence electrons. The minimum absolute atomic E-state index is 0.171. The van der Waals surface area contributed by atoms with Gasteiger partial charge >= 0.3 is 12.0 Å². The van der Waals surface area contributed by atoms with E-state index in [2.05, 4.69) is 21.2 Å². The molecule has 0 aromatic heterocycles. The fourth-order valence-electron chi connectivity index (χ4n) is 1.74. The van der Waals surface area contributed by atoms with Crippen LogP contribution in [0.3, 0.4) is 0 Å². The fourth-order valence-corrected chi connectivity index (χ4v) is 2.18. The summed E-state index contributed by atoms with van der Waals surface area (Å²) in [5.74, 6) is -1.19. The highest BCUT2D eigenvalue weighted by molar-refractivity contribution is 9.10. The van der Waals surface area contributed by atoms with Crippen LogP contribution in [0.1, 0.15) is 19.4 Å². The summed E-state index contributed by atoms with van der Waals surface area (Å²) >= 11 is 3.37. The zero-order valence-corrected chi connectivity index (χ0v) is 13.3. The molecule has 20 heavy (non-hydrogen) atoms. The summed E-state index contributed by atoms with van der Waals surface area (Å²) in [5, 5.41) is 11.6. The normalized spacial score (nSPS) is 12.1. The van der Waals surface area contributed by atoms with Crippen molar-refractivity contribution in [3.8, 4) is 0 Å². The first-order valence-electron chi connectivity index (χ1n) is 6.30. The van der Waals surface area contributed by atoms with Crippen LogP contribution >= 0.6 is 15.9 Å². The molecule has 2 N–H and O–H groups in total. The number of nitrogens with zero attached hydrogens (tertiary/aromatic N) is 1. The van der Waals surface area contributed by atoms with Crippen molar-refractivity contribution in [1.29, 1.82) is 0 Å². The molecule has 6 heteroatoms. The second-order valence-electron chi connectivity index (χ2n) is 5.00. The Morgan fingerprint density at radius 3 is 2.55 bits per heavy atom. The van der Waals surface area contributed by atoms with Crippen LogP contribution in [0.2, 0.25) is 0 Å². The Hall–Kier alpha value is -1.56. The quantitative estimate of drug-likeness (QED) is 0.864. The lowest BCUT2D eigenvalue weighted by molar-refractivity contribution is -0.140. The molecular weight excluding hydrogens is 324 g/mol. The highest BCUT2D eigenvalue weighted by Gasteiger charge is 2.24. The number of aliphatic carboxylic acids is 1. The molecule has 0 bridgehead atoms. The summed E-state index contributed by atoms with van der Waals surface area (Å²) in [6, 6.07) is 6.34. The molecule has 0 spiro atoms. The average Bonchev–Trinajstić information content (AvgIpc) is 2.34. The van der Waals surface area contributed by atoms with Gasteiger partial charge in [0.2, 0.25) is 0 Å². The minimum atomic E-state index is -1.02. The number of rotatable bonds is 5. The third kappa shape index (κ3) is 4.85. The summed E-state index contributed by atoms with van der Waals surface area (Å²) < 4.78 is 0.939. The van der Waals surface area contributed by atoms with Gasteiger partial charge in [-0.2, -0.15) is 0 Å². The summed E-state index contributed by atoms with van der Waals surface area (Å²) in [5.41, 5.74) is 0.966. The molecule has 1 rings (SSSR count). The third-order valence-corrected chi connectivity index (χ3v) is 3.36. The second kappa shape index (κ2) is 7.28. The first-order chi connectivity index (χ1) is 9.31. The van der Waals surface area contributed by atoms with Gasteiger partial charge in [-0.15, -0.1) is 0 Å². The maximum atomic E-state index is 12.0. The van der Waals surface area contributed by atoms with Crippen molar-refractivity contribution in [1.82, 2.24) is 10.2 Å². The number of carbonyl (C=O) groups is 2. The molecule has 0 fully saturated rings. The molecule has 1 unspecified atom stereocenters. The highest BCUT2D eigenvalue weighted by Crippen LogP contribution is 2.13. The van der Waals surface area contributed by atoms with Gasteiger partial charge in [-0.25, -0.2) is 9.59 Å². The van der Waals surface area contributed by atoms with E-state index in [9.17, 15) is 9.59 Å². The lowest BCUT2D eigenvalue weighted by Crippen LogP contribution is -2.48. The molecular formula is C14H19BrN2O3. The first kappa shape index (κ1) is 16.5. The molecule has 2 amide bonds. The molecule has 0 aliphatic heterocycles. The van der Waals surface area contributed by atoms with Crippen molar-refractivity contribution in [2.24, 2.45) is 5.92 Å². The van der Waals surface area contributed by atoms with Gasteiger partial charge < -0.3 is 15.3 Å². The molecule has 0 saturated heterocycles. The van der Waals surface area contributed by atoms with E-state index in [0.717, 1.165) is 10.0 Å². The van der Waals surface area contributed by atoms with Crippen LogP contribution in [-0.2, 0) is 11.3 Å². The van der Waals surface area contributed by atoms with E-state index in [1.807, 2.05) is 24.3 Å². The van der Waals surface area contributed by atoms with Crippen molar-refractivity contribution >= 4 is 27.9 Å². The van der Waals surface area contributed by atoms with E-state index < -0.39 is 18.0 Å². The molecule has 5 nitrogen and oxygen atoms in total. The van der Waals surface area contributed by atoms with Gasteiger partial charge in [0.15, 0.2) is 0 Å². The number of carboxylic acid groups (broad SMARTS) is 1. The van der Waals surface area contributed by atoms with Crippen molar-refractivity contribution in [3.63, 3.8) is 0 Å². The zero-order valence-electron chi connectivity index (χ0n) is 11.8. The van der Waals surface area contributed by atoms with Gasteiger partial charge in [-0.3, -0.25) is 0 Å². The molecule has 1 atom stereocenters. The van der Waals surface area contributed by atoms with Gasteiger partial charge in [0.1, 0.15) is 6.04 Å². The molecule has 0 heterocycles. The van der Waals surface area contributed by atoms with Crippen molar-refractivity contribution < 1.29 is 14.7 Å². The lowest BCUT2D eigenvalue weighted by atomic mass is 10.1. The number of halogens is 1. The molecule has 0 aliphatic carbocycles. The smallest absolute Gasteiger partial charge is 0.326 e. The summed E-state index contributed by atoms with van der Waals surface area (Å²) in [6.45, 7) is 3.93. The van der Waals surface area contributed by atoms with E-state index >= 15 is 0 Å². The Balaban J connectivity index is 2.65. The number of benzene rings is 1. The van der Waals surface area contributed by atoms with Crippen LogP contribution < -0.4 is 5.32 Å². The summed E-state index contributed by atoms with van der Waals surface area (Å²) in [7, 11) is 1.63. The number of hydrogen-bond donors (Lipinski definition) is 2. The van der Waals surface area contributed by atoms with Crippen LogP contribution in [0, 0.1) is 5.92 Å². The molecule has 1 aromatic carbocycles. The number of nitrogens with one attached hydrogen (secondary N) is 1. The highest BCUT2D eigenvalue weighted by atomic mass is 79.9. The van der Waals surface area contributed by atoms with Crippen LogP contribution in [0.15, 0.2) is 28.7 Å². The monoisotopic (exact) mass is 342 g/mol. The Kier molecular flexibility index (Phi) is 6.01. The second-order valence-corrected chi connectivity index (χ2v) is 5.91. The molecule has 0 radical (unpaired) electrons. The molecule has 0 aliphatic rings. The van der Waals surface area contributed by atoms with Crippen molar-refractivity contribution in [3.05, 3.63) is 34.3 Å². The zero-order chi connectivity index (χ0) is 15.3. The molecule has 1 aromatic rings. The maximum Gasteiger partial charge on any atom is 0.326 e. The van der Waals surface area contributed by atoms with Crippen LogP contribution in [0.4, 0.5) is 4.79 Å². The van der Waals surface area contributed by atoms with Crippen molar-refractivity contribution in [2.75, 3.05) is 7.05 Å². The topological polar surface area (TPSA) is 69.6 Å². The number of carboxylic acids is 1. The van der Waals surface area contributed by atoms with Gasteiger partial charge in [-0.1, -0.05) is 41.9 Å². The van der Waals surface area contributed by atoms with Gasteiger partial charge in [0, 0.05) is 18.1 Å². The summed E-state index contributed by atoms with van der Waals surface area (Å²) in [6.07, 6.45) is 0. The van der Waals surface area contributed by atoms with Gasteiger partial charge in [0.05, 0.1) is 0 Å². The predicted octanol–water partition coefficient (Wildman–Crippen LogP) is 2.70. The average molecular weight is 343 g/mol. The standard InChI is InChI=1S/C14H19BrN2O3/c1-9(2)12(13(18)19)16-14(20)17(3)8-10-5-4-6-11(15)7-10/h4-7,9,12H,8H2,1-3H3,(H,16,20)(H,18,19). The van der Waals surface area contributed by atoms with E-state index in [-0.39, 0.29) is 5.92 Å². The number of urea groups is 1. The maximum absolute atomic E-state index is 12.0. The van der Waals surface area contributed by atoms with Crippen LogP contribution in [0.5, 0.6) is 0 Å². The molecule has 0 saturated carbocycles. The van der Waals surface area contributed by atoms with Gasteiger partial charge in [-0.05, 0) is 23.6 Å². The number of carbonyl (C=O) groups excluding carboxylic acids is 1. The minimum Gasteiger partial charge on any atom is -0.480 e. The Bertz CT molecular complexity index is 491. The van der Waals surface area contributed by atoms with E-state index in [0.29, 0.717) is 6.54 Å². The predicted molar refractivity (Wildman–Crippen MR) is 80.4 cm³/mol. The van der Waals surface area contributed by atoms with Gasteiger partial charge in [0.25, 0.3) is 0 Å². The first-order valence-corrected chi connectivity index (χ1v) is 7.09. The lowest BCUT2D eigenvalue weighted by Gasteiger charge is -2.23. The van der Waals surface area contributed by atoms with Crippen molar-refractivity contribution in [2.45, 2.75) is 26.4 Å². The Morgan fingerprint density at radius 2 is 2.05 bits per heavy atom.